The molecule has 1 fully saturated rings. The van der Waals surface area contributed by atoms with E-state index in [0.717, 1.165) is 5.75 Å². The third-order valence-electron chi connectivity index (χ3n) is 3.22. The molecule has 0 aromatic heterocycles. The van der Waals surface area contributed by atoms with Gasteiger partial charge in [-0.3, -0.25) is 4.79 Å². The molecule has 20 heavy (non-hydrogen) atoms. The Bertz CT molecular complexity index is 421. The molecule has 0 saturated carbocycles. The van der Waals surface area contributed by atoms with Crippen molar-refractivity contribution in [2.45, 2.75) is 26.3 Å². The third kappa shape index (κ3) is 5.59. The smallest absolute Gasteiger partial charge is 0.238 e. The van der Waals surface area contributed by atoms with Crippen LogP contribution in [-0.2, 0) is 19.6 Å². The zero-order valence-electron chi connectivity index (χ0n) is 12.3. The first-order chi connectivity index (χ1) is 9.32. The first-order valence-electron chi connectivity index (χ1n) is 6.66. The summed E-state index contributed by atoms with van der Waals surface area (Å²) in [6.45, 7) is 5.35. The Labute approximate surface area is 125 Å². The number of hydrogen-bond acceptors (Lipinski definition) is 5. The third-order valence-corrected chi connectivity index (χ3v) is 5.27. The number of amides is 1. The van der Waals surface area contributed by atoms with Gasteiger partial charge in [-0.05, 0) is 25.4 Å². The number of hydrogen-bond donors (Lipinski definition) is 2. The highest BCUT2D eigenvalue weighted by Gasteiger charge is 2.34. The fraction of sp³-hybridized carbons (Fsp3) is 0.917. The van der Waals surface area contributed by atoms with E-state index in [1.165, 1.54) is 0 Å². The van der Waals surface area contributed by atoms with Crippen molar-refractivity contribution in [3.05, 3.63) is 0 Å². The van der Waals surface area contributed by atoms with Crippen molar-refractivity contribution in [2.75, 3.05) is 37.5 Å². The molecule has 0 spiro atoms. The average Bonchev–Trinajstić information content (AvgIpc) is 2.38. The van der Waals surface area contributed by atoms with E-state index in [1.807, 2.05) is 13.2 Å². The number of carbonyl (C=O) groups is 1. The highest BCUT2D eigenvalue weighted by molar-refractivity contribution is 7.98. The fourth-order valence-electron chi connectivity index (χ4n) is 1.76. The molecule has 1 unspecified atom stereocenters. The van der Waals surface area contributed by atoms with Gasteiger partial charge in [-0.1, -0.05) is 6.92 Å². The van der Waals surface area contributed by atoms with Crippen molar-refractivity contribution in [3.8, 4) is 0 Å². The maximum atomic E-state index is 12.1. The molecule has 1 saturated heterocycles. The van der Waals surface area contributed by atoms with Crippen molar-refractivity contribution in [3.63, 3.8) is 0 Å². The van der Waals surface area contributed by atoms with Crippen LogP contribution in [0.1, 0.15) is 20.3 Å². The maximum Gasteiger partial charge on any atom is 0.238 e. The number of rotatable bonds is 9. The summed E-state index contributed by atoms with van der Waals surface area (Å²) in [6, 6.07) is -0.697. The Balaban J connectivity index is 2.54. The molecule has 1 amide bonds. The van der Waals surface area contributed by atoms with Crippen LogP contribution in [0, 0.1) is 5.41 Å². The van der Waals surface area contributed by atoms with Crippen LogP contribution in [0.5, 0.6) is 0 Å². The van der Waals surface area contributed by atoms with E-state index in [1.54, 1.807) is 18.7 Å². The molecule has 0 aromatic rings. The zero-order valence-corrected chi connectivity index (χ0v) is 13.9. The van der Waals surface area contributed by atoms with Crippen molar-refractivity contribution in [1.29, 1.82) is 0 Å². The zero-order chi connectivity index (χ0) is 15.2. The molecule has 1 heterocycles. The Morgan fingerprint density at radius 2 is 2.10 bits per heavy atom. The monoisotopic (exact) mass is 324 g/mol. The highest BCUT2D eigenvalue weighted by Crippen LogP contribution is 2.25. The molecule has 1 rings (SSSR count). The van der Waals surface area contributed by atoms with Gasteiger partial charge in [0, 0.05) is 12.0 Å². The van der Waals surface area contributed by atoms with Crippen molar-refractivity contribution in [1.82, 2.24) is 10.0 Å². The number of sulfonamides is 1. The standard InChI is InChI=1S/C12H24N2O4S2/c1-4-20(16,17)14-10(5-6-19-3)11(15)13-7-12(2)8-18-9-12/h10,14H,4-9H2,1-3H3,(H,13,15). The molecule has 1 aliphatic heterocycles. The van der Waals surface area contributed by atoms with E-state index in [9.17, 15) is 13.2 Å². The predicted molar refractivity (Wildman–Crippen MR) is 81.3 cm³/mol. The van der Waals surface area contributed by atoms with Gasteiger partial charge in [-0.2, -0.15) is 11.8 Å². The van der Waals surface area contributed by atoms with Crippen LogP contribution in [0.2, 0.25) is 0 Å². The summed E-state index contributed by atoms with van der Waals surface area (Å²) in [5, 5.41) is 2.83. The molecule has 0 aliphatic carbocycles. The van der Waals surface area contributed by atoms with E-state index in [-0.39, 0.29) is 17.1 Å². The van der Waals surface area contributed by atoms with E-state index in [2.05, 4.69) is 10.0 Å². The summed E-state index contributed by atoms with van der Waals surface area (Å²) in [5.41, 5.74) is -0.0245. The summed E-state index contributed by atoms with van der Waals surface area (Å²) >= 11 is 1.59. The first kappa shape index (κ1) is 17.7. The van der Waals surface area contributed by atoms with Crippen LogP contribution in [0.4, 0.5) is 0 Å². The minimum atomic E-state index is -3.38. The summed E-state index contributed by atoms with van der Waals surface area (Å²) in [4.78, 5) is 12.1. The second kappa shape index (κ2) is 7.63. The quantitative estimate of drug-likeness (QED) is 0.633. The molecule has 2 N–H and O–H groups in total. The van der Waals surface area contributed by atoms with Gasteiger partial charge < -0.3 is 10.1 Å². The number of thioether (sulfide) groups is 1. The molecule has 8 heteroatoms. The second-order valence-corrected chi connectivity index (χ2v) is 8.40. The Morgan fingerprint density at radius 1 is 1.45 bits per heavy atom. The summed E-state index contributed by atoms with van der Waals surface area (Å²) in [6.07, 6.45) is 2.41. The molecule has 0 bridgehead atoms. The Kier molecular flexibility index (Phi) is 6.77. The first-order valence-corrected chi connectivity index (χ1v) is 9.71. The van der Waals surface area contributed by atoms with Crippen LogP contribution in [0.15, 0.2) is 0 Å². The molecule has 118 valence electrons. The average molecular weight is 324 g/mol. The Morgan fingerprint density at radius 3 is 2.55 bits per heavy atom. The minimum absolute atomic E-state index is 0.0245. The van der Waals surface area contributed by atoms with Crippen LogP contribution >= 0.6 is 11.8 Å². The molecule has 0 aromatic carbocycles. The van der Waals surface area contributed by atoms with Gasteiger partial charge in [0.05, 0.1) is 19.0 Å². The highest BCUT2D eigenvalue weighted by atomic mass is 32.2. The lowest BCUT2D eigenvalue weighted by molar-refractivity contribution is -0.128. The normalized spacial score (nSPS) is 19.1. The second-order valence-electron chi connectivity index (χ2n) is 5.38. The predicted octanol–water partition coefficient (Wildman–Crippen LogP) is 0.200. The van der Waals surface area contributed by atoms with Crippen LogP contribution in [0.25, 0.3) is 0 Å². The van der Waals surface area contributed by atoms with E-state index < -0.39 is 16.1 Å². The topological polar surface area (TPSA) is 84.5 Å². The lowest BCUT2D eigenvalue weighted by Crippen LogP contribution is -2.53. The van der Waals surface area contributed by atoms with Gasteiger partial charge in [-0.25, -0.2) is 13.1 Å². The molecule has 1 aliphatic rings. The van der Waals surface area contributed by atoms with Gasteiger partial charge in [0.25, 0.3) is 0 Å². The lowest BCUT2D eigenvalue weighted by Gasteiger charge is -2.38. The SMILES string of the molecule is CCS(=O)(=O)NC(CCSC)C(=O)NCC1(C)COC1. The number of carbonyl (C=O) groups excluding carboxylic acids is 1. The van der Waals surface area contributed by atoms with Gasteiger partial charge in [0.15, 0.2) is 0 Å². The minimum Gasteiger partial charge on any atom is -0.380 e. The lowest BCUT2D eigenvalue weighted by atomic mass is 9.88. The van der Waals surface area contributed by atoms with Crippen molar-refractivity contribution >= 4 is 27.7 Å². The van der Waals surface area contributed by atoms with Gasteiger partial charge >= 0.3 is 0 Å². The molecule has 6 nitrogen and oxygen atoms in total. The summed E-state index contributed by atoms with van der Waals surface area (Å²) in [5.74, 6) is 0.441. The largest absolute Gasteiger partial charge is 0.380 e. The maximum absolute atomic E-state index is 12.1. The van der Waals surface area contributed by atoms with E-state index in [0.29, 0.717) is 26.2 Å². The van der Waals surface area contributed by atoms with Gasteiger partial charge in [0.1, 0.15) is 6.04 Å². The Hall–Kier alpha value is -0.310. The van der Waals surface area contributed by atoms with Crippen LogP contribution in [0.3, 0.4) is 0 Å². The molecule has 1 atom stereocenters. The van der Waals surface area contributed by atoms with Gasteiger partial charge in [-0.15, -0.1) is 0 Å². The van der Waals surface area contributed by atoms with E-state index in [4.69, 9.17) is 4.74 Å². The van der Waals surface area contributed by atoms with Crippen molar-refractivity contribution in [2.24, 2.45) is 5.41 Å². The van der Waals surface area contributed by atoms with Crippen LogP contribution < -0.4 is 10.0 Å². The van der Waals surface area contributed by atoms with E-state index >= 15 is 0 Å². The van der Waals surface area contributed by atoms with Gasteiger partial charge in [0.2, 0.25) is 15.9 Å². The van der Waals surface area contributed by atoms with Crippen LogP contribution in [-0.4, -0.2) is 57.9 Å². The molecular weight excluding hydrogens is 300 g/mol. The fourth-order valence-corrected chi connectivity index (χ4v) is 3.05. The molecular formula is C12H24N2O4S2. The molecule has 0 radical (unpaired) electrons. The number of nitrogens with one attached hydrogen (secondary N) is 2. The summed E-state index contributed by atoms with van der Waals surface area (Å²) in [7, 11) is -3.38. The summed E-state index contributed by atoms with van der Waals surface area (Å²) < 4.78 is 30.8. The number of ether oxygens (including phenoxy) is 1. The van der Waals surface area contributed by atoms with Crippen molar-refractivity contribution < 1.29 is 17.9 Å².